The average Bonchev–Trinajstić information content (AvgIpc) is 2.54. The van der Waals surface area contributed by atoms with E-state index in [4.69, 9.17) is 9.47 Å². The number of rotatable bonds is 6. The number of thioether (sulfide) groups is 1. The van der Waals surface area contributed by atoms with E-state index >= 15 is 0 Å². The quantitative estimate of drug-likeness (QED) is 0.757. The summed E-state index contributed by atoms with van der Waals surface area (Å²) in [7, 11) is 1.68. The number of amides is 1. The molecular formula is C15H29ClN2O3S. The van der Waals surface area contributed by atoms with E-state index in [0.29, 0.717) is 6.61 Å². The van der Waals surface area contributed by atoms with Crippen LogP contribution in [0, 0.1) is 5.41 Å². The van der Waals surface area contributed by atoms with Gasteiger partial charge in [-0.25, -0.2) is 0 Å². The lowest BCUT2D eigenvalue weighted by molar-refractivity contribution is -0.136. The van der Waals surface area contributed by atoms with Crippen molar-refractivity contribution in [1.29, 1.82) is 0 Å². The highest BCUT2D eigenvalue weighted by Crippen LogP contribution is 2.34. The fourth-order valence-electron chi connectivity index (χ4n) is 3.24. The zero-order chi connectivity index (χ0) is 15.2. The molecule has 0 aromatic rings. The van der Waals surface area contributed by atoms with E-state index in [2.05, 4.69) is 16.9 Å². The molecule has 2 aliphatic rings. The van der Waals surface area contributed by atoms with Gasteiger partial charge in [-0.1, -0.05) is 0 Å². The first-order valence-corrected chi connectivity index (χ1v) is 9.00. The molecule has 7 heteroatoms. The van der Waals surface area contributed by atoms with Gasteiger partial charge in [0.05, 0.1) is 12.0 Å². The number of carbonyl (C=O) groups excluding carboxylic acids is 1. The van der Waals surface area contributed by atoms with E-state index in [1.54, 1.807) is 7.11 Å². The molecule has 0 bridgehead atoms. The molecule has 0 saturated carbocycles. The van der Waals surface area contributed by atoms with Gasteiger partial charge in [0, 0.05) is 31.6 Å². The van der Waals surface area contributed by atoms with Crippen molar-refractivity contribution >= 4 is 30.1 Å². The van der Waals surface area contributed by atoms with Crippen LogP contribution in [0.5, 0.6) is 0 Å². The molecule has 2 aliphatic heterocycles. The van der Waals surface area contributed by atoms with E-state index in [0.717, 1.165) is 58.5 Å². The van der Waals surface area contributed by atoms with Crippen LogP contribution in [0.1, 0.15) is 25.7 Å². The summed E-state index contributed by atoms with van der Waals surface area (Å²) >= 11 is 1.86. The summed E-state index contributed by atoms with van der Waals surface area (Å²) < 4.78 is 10.9. The Morgan fingerprint density at radius 1 is 1.27 bits per heavy atom. The van der Waals surface area contributed by atoms with Crippen LogP contribution in [0.2, 0.25) is 0 Å². The molecule has 2 rings (SSSR count). The number of methoxy groups -OCH3 is 1. The largest absolute Gasteiger partial charge is 0.384 e. The lowest BCUT2D eigenvalue weighted by atomic mass is 9.78. The summed E-state index contributed by atoms with van der Waals surface area (Å²) in [5.41, 5.74) is -0.356. The van der Waals surface area contributed by atoms with E-state index in [1.165, 1.54) is 0 Å². The molecule has 2 saturated heterocycles. The van der Waals surface area contributed by atoms with Gasteiger partial charge in [0.25, 0.3) is 0 Å². The van der Waals surface area contributed by atoms with Gasteiger partial charge in [-0.15, -0.1) is 12.4 Å². The maximum absolute atomic E-state index is 12.8. The highest BCUT2D eigenvalue weighted by atomic mass is 35.5. The molecule has 2 heterocycles. The predicted molar refractivity (Wildman–Crippen MR) is 93.0 cm³/mol. The van der Waals surface area contributed by atoms with Crippen molar-refractivity contribution < 1.29 is 14.3 Å². The number of hydrogen-bond acceptors (Lipinski definition) is 5. The summed E-state index contributed by atoms with van der Waals surface area (Å²) in [4.78, 5) is 12.8. The van der Waals surface area contributed by atoms with Gasteiger partial charge in [-0.3, -0.25) is 4.79 Å². The molecule has 1 amide bonds. The minimum atomic E-state index is -0.356. The lowest BCUT2D eigenvalue weighted by Gasteiger charge is -2.39. The second-order valence-corrected chi connectivity index (χ2v) is 7.42. The Morgan fingerprint density at radius 3 is 2.45 bits per heavy atom. The van der Waals surface area contributed by atoms with Gasteiger partial charge in [-0.05, 0) is 45.0 Å². The smallest absolute Gasteiger partial charge is 0.228 e. The second-order valence-electron chi connectivity index (χ2n) is 6.15. The molecule has 0 atom stereocenters. The Balaban J connectivity index is 0.00000242. The zero-order valence-electron chi connectivity index (χ0n) is 13.6. The zero-order valence-corrected chi connectivity index (χ0v) is 15.2. The van der Waals surface area contributed by atoms with E-state index in [9.17, 15) is 4.79 Å². The van der Waals surface area contributed by atoms with Crippen LogP contribution in [-0.2, 0) is 14.3 Å². The average molecular weight is 353 g/mol. The Bertz CT molecular complexity index is 340. The van der Waals surface area contributed by atoms with E-state index < -0.39 is 0 Å². The molecule has 0 spiro atoms. The molecule has 0 aliphatic carbocycles. The summed E-state index contributed by atoms with van der Waals surface area (Å²) in [6.07, 6.45) is 5.84. The first-order valence-electron chi connectivity index (χ1n) is 7.77. The minimum absolute atomic E-state index is 0. The van der Waals surface area contributed by atoms with Crippen molar-refractivity contribution in [3.05, 3.63) is 0 Å². The topological polar surface area (TPSA) is 59.6 Å². The Kier molecular flexibility index (Phi) is 8.49. The standard InChI is InChI=1S/C15H28N2O3S.ClH/c1-19-12-14(3-7-16-8-4-14)13(18)17-11-15(21-2)5-9-20-10-6-15;/h16H,3-12H2,1-2H3,(H,17,18);1H. The van der Waals surface area contributed by atoms with Gasteiger partial charge in [0.1, 0.15) is 0 Å². The van der Waals surface area contributed by atoms with Crippen molar-refractivity contribution in [2.45, 2.75) is 30.4 Å². The van der Waals surface area contributed by atoms with Crippen LogP contribution in [0.15, 0.2) is 0 Å². The summed E-state index contributed by atoms with van der Waals surface area (Å²) in [5, 5.41) is 6.54. The molecule has 130 valence electrons. The molecule has 2 fully saturated rings. The summed E-state index contributed by atoms with van der Waals surface area (Å²) in [6, 6.07) is 0. The Hall–Kier alpha value is -0.0100. The van der Waals surface area contributed by atoms with Gasteiger partial charge in [-0.2, -0.15) is 11.8 Å². The predicted octanol–water partition coefficient (Wildman–Crippen LogP) is 1.45. The second kappa shape index (κ2) is 9.33. The highest BCUT2D eigenvalue weighted by Gasteiger charge is 2.41. The molecule has 22 heavy (non-hydrogen) atoms. The van der Waals surface area contributed by atoms with Crippen LogP contribution in [0.4, 0.5) is 0 Å². The third-order valence-corrected chi connectivity index (χ3v) is 6.29. The van der Waals surface area contributed by atoms with Crippen LogP contribution < -0.4 is 10.6 Å². The van der Waals surface area contributed by atoms with Crippen LogP contribution >= 0.6 is 24.2 Å². The van der Waals surface area contributed by atoms with Gasteiger partial charge in [0.15, 0.2) is 0 Å². The molecule has 0 aromatic heterocycles. The lowest BCUT2D eigenvalue weighted by Crippen LogP contribution is -2.53. The number of halogens is 1. The normalized spacial score (nSPS) is 23.4. The van der Waals surface area contributed by atoms with Crippen molar-refractivity contribution in [3.63, 3.8) is 0 Å². The van der Waals surface area contributed by atoms with Crippen LogP contribution in [0.3, 0.4) is 0 Å². The monoisotopic (exact) mass is 352 g/mol. The summed E-state index contributed by atoms with van der Waals surface area (Å²) in [6.45, 7) is 4.61. The number of carbonyl (C=O) groups is 1. The van der Waals surface area contributed by atoms with Crippen molar-refractivity contribution in [3.8, 4) is 0 Å². The Morgan fingerprint density at radius 2 is 1.91 bits per heavy atom. The van der Waals surface area contributed by atoms with Gasteiger partial charge in [0.2, 0.25) is 5.91 Å². The molecule has 0 unspecified atom stereocenters. The van der Waals surface area contributed by atoms with Gasteiger partial charge >= 0.3 is 0 Å². The number of hydrogen-bond donors (Lipinski definition) is 2. The van der Waals surface area contributed by atoms with Gasteiger partial charge < -0.3 is 20.1 Å². The first kappa shape index (κ1) is 20.0. The molecule has 5 nitrogen and oxygen atoms in total. The number of nitrogens with one attached hydrogen (secondary N) is 2. The minimum Gasteiger partial charge on any atom is -0.384 e. The third kappa shape index (κ3) is 4.74. The molecular weight excluding hydrogens is 324 g/mol. The molecule has 2 N–H and O–H groups in total. The van der Waals surface area contributed by atoms with Crippen molar-refractivity contribution in [2.24, 2.45) is 5.41 Å². The fourth-order valence-corrected chi connectivity index (χ4v) is 4.04. The van der Waals surface area contributed by atoms with Crippen molar-refractivity contribution in [2.75, 3.05) is 52.8 Å². The number of ether oxygens (including phenoxy) is 2. The number of piperidine rings is 1. The third-order valence-electron chi connectivity index (χ3n) is 4.87. The Labute approximate surface area is 144 Å². The van der Waals surface area contributed by atoms with Crippen LogP contribution in [-0.4, -0.2) is 63.5 Å². The highest BCUT2D eigenvalue weighted by molar-refractivity contribution is 8.00. The maximum Gasteiger partial charge on any atom is 0.228 e. The molecule has 0 radical (unpaired) electrons. The van der Waals surface area contributed by atoms with Crippen LogP contribution in [0.25, 0.3) is 0 Å². The summed E-state index contributed by atoms with van der Waals surface area (Å²) in [5.74, 6) is 0.158. The first-order chi connectivity index (χ1) is 10.2. The van der Waals surface area contributed by atoms with Crippen molar-refractivity contribution in [1.82, 2.24) is 10.6 Å². The van der Waals surface area contributed by atoms with E-state index in [-0.39, 0.29) is 28.5 Å². The SMILES string of the molecule is COCC1(C(=O)NCC2(SC)CCOCC2)CCNCC1.Cl. The fraction of sp³-hybridized carbons (Fsp3) is 0.933. The molecule has 0 aromatic carbocycles. The maximum atomic E-state index is 12.8. The van der Waals surface area contributed by atoms with E-state index in [1.807, 2.05) is 11.8 Å².